The molecule has 0 amide bonds. The Kier molecular flexibility index (Phi) is 4.35. The number of hydrogen-bond acceptors (Lipinski definition) is 3. The largest absolute Gasteiger partial charge is 0.480 e. The first-order valence-electron chi connectivity index (χ1n) is 6.13. The summed E-state index contributed by atoms with van der Waals surface area (Å²) in [6.07, 6.45) is 0. The Labute approximate surface area is 116 Å². The summed E-state index contributed by atoms with van der Waals surface area (Å²) >= 11 is 1.62. The summed E-state index contributed by atoms with van der Waals surface area (Å²) in [5, 5.41) is 14.5. The molecule has 0 aliphatic rings. The van der Waals surface area contributed by atoms with Crippen LogP contribution in [-0.4, -0.2) is 11.1 Å². The number of carbonyl (C=O) groups is 1. The summed E-state index contributed by atoms with van der Waals surface area (Å²) in [6, 6.07) is 9.21. The van der Waals surface area contributed by atoms with Crippen molar-refractivity contribution in [1.29, 1.82) is 0 Å². The summed E-state index contributed by atoms with van der Waals surface area (Å²) in [5.74, 6) is -0.842. The van der Waals surface area contributed by atoms with Crippen LogP contribution in [0.4, 0.5) is 0 Å². The molecule has 0 spiro atoms. The molecule has 1 aromatic heterocycles. The lowest BCUT2D eigenvalue weighted by molar-refractivity contribution is -0.139. The van der Waals surface area contributed by atoms with Gasteiger partial charge in [-0.2, -0.15) is 0 Å². The van der Waals surface area contributed by atoms with E-state index in [-0.39, 0.29) is 0 Å². The molecular formula is C15H17NO2S. The molecule has 0 saturated heterocycles. The number of carboxylic acids is 1. The standard InChI is InChI=1S/C15H17NO2S/c1-10-5-6-11(2)13(8-10)14(15(17)18)16-9-12-4-3-7-19-12/h3-8,14,16H,9H2,1-2H3,(H,17,18). The lowest BCUT2D eigenvalue weighted by Gasteiger charge is -2.17. The van der Waals surface area contributed by atoms with Crippen LogP contribution in [0.15, 0.2) is 35.7 Å². The van der Waals surface area contributed by atoms with Crippen LogP contribution in [0.3, 0.4) is 0 Å². The Bertz CT molecular complexity index is 564. The monoisotopic (exact) mass is 275 g/mol. The van der Waals surface area contributed by atoms with Gasteiger partial charge < -0.3 is 5.11 Å². The Morgan fingerprint density at radius 3 is 2.79 bits per heavy atom. The van der Waals surface area contributed by atoms with Crippen LogP contribution in [-0.2, 0) is 11.3 Å². The molecular weight excluding hydrogens is 258 g/mol. The average molecular weight is 275 g/mol. The first kappa shape index (κ1) is 13.8. The smallest absolute Gasteiger partial charge is 0.325 e. The maximum absolute atomic E-state index is 11.5. The van der Waals surface area contributed by atoms with Gasteiger partial charge in [0.1, 0.15) is 6.04 Å². The molecule has 0 bridgehead atoms. The SMILES string of the molecule is Cc1ccc(C)c(C(NCc2cccs2)C(=O)O)c1. The number of benzene rings is 1. The fourth-order valence-corrected chi connectivity index (χ4v) is 2.67. The highest BCUT2D eigenvalue weighted by atomic mass is 32.1. The molecule has 19 heavy (non-hydrogen) atoms. The molecule has 1 heterocycles. The minimum absolute atomic E-state index is 0.571. The van der Waals surface area contributed by atoms with Gasteiger partial charge in [-0.1, -0.05) is 29.8 Å². The van der Waals surface area contributed by atoms with Crippen LogP contribution in [0.25, 0.3) is 0 Å². The van der Waals surface area contributed by atoms with Crippen molar-refractivity contribution >= 4 is 17.3 Å². The van der Waals surface area contributed by atoms with Crippen molar-refractivity contribution in [2.24, 2.45) is 0 Å². The van der Waals surface area contributed by atoms with Crippen molar-refractivity contribution in [1.82, 2.24) is 5.32 Å². The number of carboxylic acid groups (broad SMARTS) is 1. The van der Waals surface area contributed by atoms with Gasteiger partial charge >= 0.3 is 5.97 Å². The van der Waals surface area contributed by atoms with Crippen molar-refractivity contribution in [2.75, 3.05) is 0 Å². The fourth-order valence-electron chi connectivity index (χ4n) is 2.02. The lowest BCUT2D eigenvalue weighted by Crippen LogP contribution is -2.28. The van der Waals surface area contributed by atoms with E-state index in [2.05, 4.69) is 5.32 Å². The molecule has 2 rings (SSSR count). The van der Waals surface area contributed by atoms with E-state index < -0.39 is 12.0 Å². The first-order chi connectivity index (χ1) is 9.08. The number of hydrogen-bond donors (Lipinski definition) is 2. The van der Waals surface area contributed by atoms with Crippen molar-refractivity contribution in [2.45, 2.75) is 26.4 Å². The van der Waals surface area contributed by atoms with E-state index in [1.54, 1.807) is 11.3 Å². The van der Waals surface area contributed by atoms with E-state index in [1.807, 2.05) is 49.6 Å². The Morgan fingerprint density at radius 2 is 2.16 bits per heavy atom. The van der Waals surface area contributed by atoms with Crippen LogP contribution in [0.1, 0.15) is 27.6 Å². The number of thiophene rings is 1. The molecule has 2 aromatic rings. The molecule has 0 fully saturated rings. The Balaban J connectivity index is 2.20. The third-order valence-electron chi connectivity index (χ3n) is 3.05. The Morgan fingerprint density at radius 1 is 1.37 bits per heavy atom. The topological polar surface area (TPSA) is 49.3 Å². The van der Waals surface area contributed by atoms with Gasteiger partial charge in [0.25, 0.3) is 0 Å². The van der Waals surface area contributed by atoms with Gasteiger partial charge in [-0.25, -0.2) is 0 Å². The summed E-state index contributed by atoms with van der Waals surface area (Å²) in [7, 11) is 0. The molecule has 0 aliphatic heterocycles. The van der Waals surface area contributed by atoms with E-state index >= 15 is 0 Å². The highest BCUT2D eigenvalue weighted by Crippen LogP contribution is 2.21. The molecule has 0 radical (unpaired) electrons. The number of aryl methyl sites for hydroxylation is 2. The maximum Gasteiger partial charge on any atom is 0.325 e. The van der Waals surface area contributed by atoms with Crippen molar-refractivity contribution in [3.05, 3.63) is 57.3 Å². The van der Waals surface area contributed by atoms with Gasteiger partial charge in [0.15, 0.2) is 0 Å². The molecule has 0 aliphatic carbocycles. The van der Waals surface area contributed by atoms with Gasteiger partial charge in [-0.05, 0) is 36.4 Å². The average Bonchev–Trinajstić information content (AvgIpc) is 2.86. The van der Waals surface area contributed by atoms with E-state index in [1.165, 1.54) is 0 Å². The predicted molar refractivity (Wildman–Crippen MR) is 77.5 cm³/mol. The molecule has 0 saturated carbocycles. The van der Waals surface area contributed by atoms with E-state index in [0.29, 0.717) is 6.54 Å². The van der Waals surface area contributed by atoms with Gasteiger partial charge in [-0.15, -0.1) is 11.3 Å². The number of rotatable bonds is 5. The molecule has 100 valence electrons. The minimum Gasteiger partial charge on any atom is -0.480 e. The van der Waals surface area contributed by atoms with Crippen LogP contribution in [0.5, 0.6) is 0 Å². The summed E-state index contributed by atoms with van der Waals surface area (Å²) in [5.41, 5.74) is 2.91. The zero-order chi connectivity index (χ0) is 13.8. The summed E-state index contributed by atoms with van der Waals surface area (Å²) in [4.78, 5) is 12.6. The summed E-state index contributed by atoms with van der Waals surface area (Å²) < 4.78 is 0. The third kappa shape index (κ3) is 3.43. The van der Waals surface area contributed by atoms with Gasteiger partial charge in [0.05, 0.1) is 0 Å². The second-order valence-electron chi connectivity index (χ2n) is 4.59. The second kappa shape index (κ2) is 5.99. The molecule has 1 unspecified atom stereocenters. The van der Waals surface area contributed by atoms with Gasteiger partial charge in [-0.3, -0.25) is 10.1 Å². The predicted octanol–water partition coefficient (Wildman–Crippen LogP) is 3.28. The fraction of sp³-hybridized carbons (Fsp3) is 0.267. The zero-order valence-corrected chi connectivity index (χ0v) is 11.8. The van der Waals surface area contributed by atoms with Crippen molar-refractivity contribution in [3.8, 4) is 0 Å². The van der Waals surface area contributed by atoms with Crippen LogP contribution < -0.4 is 5.32 Å². The quantitative estimate of drug-likeness (QED) is 0.880. The van der Waals surface area contributed by atoms with Crippen LogP contribution in [0.2, 0.25) is 0 Å². The van der Waals surface area contributed by atoms with Gasteiger partial charge in [0.2, 0.25) is 0 Å². The highest BCUT2D eigenvalue weighted by Gasteiger charge is 2.21. The highest BCUT2D eigenvalue weighted by molar-refractivity contribution is 7.09. The lowest BCUT2D eigenvalue weighted by atomic mass is 9.99. The van der Waals surface area contributed by atoms with Crippen LogP contribution >= 0.6 is 11.3 Å². The molecule has 1 aromatic carbocycles. The molecule has 3 nitrogen and oxygen atoms in total. The van der Waals surface area contributed by atoms with Gasteiger partial charge in [0, 0.05) is 11.4 Å². The third-order valence-corrected chi connectivity index (χ3v) is 3.93. The molecule has 1 atom stereocenters. The second-order valence-corrected chi connectivity index (χ2v) is 5.62. The number of nitrogens with one attached hydrogen (secondary N) is 1. The number of aliphatic carboxylic acids is 1. The Hall–Kier alpha value is -1.65. The van der Waals surface area contributed by atoms with E-state index in [4.69, 9.17) is 0 Å². The van der Waals surface area contributed by atoms with Crippen molar-refractivity contribution < 1.29 is 9.90 Å². The normalized spacial score (nSPS) is 12.3. The van der Waals surface area contributed by atoms with Crippen LogP contribution in [0, 0.1) is 13.8 Å². The van der Waals surface area contributed by atoms with Crippen molar-refractivity contribution in [3.63, 3.8) is 0 Å². The maximum atomic E-state index is 11.5. The summed E-state index contributed by atoms with van der Waals surface area (Å²) in [6.45, 7) is 4.49. The van der Waals surface area contributed by atoms with E-state index in [0.717, 1.165) is 21.6 Å². The zero-order valence-electron chi connectivity index (χ0n) is 11.0. The first-order valence-corrected chi connectivity index (χ1v) is 7.01. The minimum atomic E-state index is -0.842. The molecule has 4 heteroatoms. The van der Waals surface area contributed by atoms with E-state index in [9.17, 15) is 9.90 Å². The molecule has 2 N–H and O–H groups in total.